The summed E-state index contributed by atoms with van der Waals surface area (Å²) in [5, 5.41) is 2.97. The molecule has 0 aliphatic carbocycles. The van der Waals surface area contributed by atoms with Gasteiger partial charge in [-0.05, 0) is 30.5 Å². The highest BCUT2D eigenvalue weighted by atomic mass is 32.2. The number of rotatable bonds is 10. The molecule has 1 aliphatic rings. The lowest BCUT2D eigenvalue weighted by Gasteiger charge is -2.26. The standard InChI is InChI=1S/C19H31N3O4S/c1-2-3-4-17(15-20)21-19(23)10-7-16-5-8-18(9-6-16)27(24,25)22-11-13-26-14-12-22/h5-6,8-9,17H,2-4,7,10-15,20H2,1H3,(H,21,23). The highest BCUT2D eigenvalue weighted by Crippen LogP contribution is 2.18. The molecule has 1 saturated heterocycles. The molecule has 0 aromatic heterocycles. The molecule has 1 unspecified atom stereocenters. The van der Waals surface area contributed by atoms with E-state index in [1.165, 1.54) is 4.31 Å². The van der Waals surface area contributed by atoms with E-state index in [4.69, 9.17) is 10.5 Å². The Morgan fingerprint density at radius 3 is 2.52 bits per heavy atom. The molecule has 7 nitrogen and oxygen atoms in total. The summed E-state index contributed by atoms with van der Waals surface area (Å²) in [5.74, 6) is -0.0217. The average Bonchev–Trinajstić information content (AvgIpc) is 2.70. The Kier molecular flexibility index (Phi) is 8.69. The molecule has 1 atom stereocenters. The van der Waals surface area contributed by atoms with Gasteiger partial charge in [-0.15, -0.1) is 0 Å². The van der Waals surface area contributed by atoms with Crippen molar-refractivity contribution >= 4 is 15.9 Å². The van der Waals surface area contributed by atoms with Crippen molar-refractivity contribution in [3.05, 3.63) is 29.8 Å². The van der Waals surface area contributed by atoms with Gasteiger partial charge in [-0.25, -0.2) is 8.42 Å². The van der Waals surface area contributed by atoms with E-state index in [9.17, 15) is 13.2 Å². The Labute approximate surface area is 162 Å². The highest BCUT2D eigenvalue weighted by molar-refractivity contribution is 7.89. The van der Waals surface area contributed by atoms with Crippen molar-refractivity contribution < 1.29 is 17.9 Å². The Balaban J connectivity index is 1.87. The highest BCUT2D eigenvalue weighted by Gasteiger charge is 2.26. The van der Waals surface area contributed by atoms with Crippen molar-refractivity contribution in [2.45, 2.75) is 50.0 Å². The summed E-state index contributed by atoms with van der Waals surface area (Å²) in [4.78, 5) is 12.4. The van der Waals surface area contributed by atoms with Gasteiger partial charge in [0.15, 0.2) is 0 Å². The van der Waals surface area contributed by atoms with Gasteiger partial charge < -0.3 is 15.8 Å². The second-order valence-corrected chi connectivity index (χ2v) is 8.74. The van der Waals surface area contributed by atoms with Gasteiger partial charge in [0.25, 0.3) is 0 Å². The second-order valence-electron chi connectivity index (χ2n) is 6.80. The molecule has 3 N–H and O–H groups in total. The topological polar surface area (TPSA) is 102 Å². The number of ether oxygens (including phenoxy) is 1. The number of amides is 1. The van der Waals surface area contributed by atoms with Crippen LogP contribution >= 0.6 is 0 Å². The van der Waals surface area contributed by atoms with Crippen LogP contribution in [0.3, 0.4) is 0 Å². The summed E-state index contributed by atoms with van der Waals surface area (Å²) in [6, 6.07) is 6.80. The fourth-order valence-electron chi connectivity index (χ4n) is 3.02. The molecule has 0 bridgehead atoms. The summed E-state index contributed by atoms with van der Waals surface area (Å²) in [6.45, 7) is 4.16. The lowest BCUT2D eigenvalue weighted by molar-refractivity contribution is -0.121. The molecule has 0 radical (unpaired) electrons. The summed E-state index contributed by atoms with van der Waals surface area (Å²) >= 11 is 0. The smallest absolute Gasteiger partial charge is 0.243 e. The van der Waals surface area contributed by atoms with Crippen LogP contribution in [-0.2, 0) is 26.0 Å². The number of sulfonamides is 1. The lowest BCUT2D eigenvalue weighted by atomic mass is 10.1. The molecule has 27 heavy (non-hydrogen) atoms. The third-order valence-electron chi connectivity index (χ3n) is 4.73. The number of nitrogens with two attached hydrogens (primary N) is 1. The van der Waals surface area contributed by atoms with Crippen LogP contribution in [0.1, 0.15) is 38.2 Å². The van der Waals surface area contributed by atoms with Gasteiger partial charge in [-0.3, -0.25) is 4.79 Å². The largest absolute Gasteiger partial charge is 0.379 e. The van der Waals surface area contributed by atoms with Gasteiger partial charge >= 0.3 is 0 Å². The maximum Gasteiger partial charge on any atom is 0.243 e. The van der Waals surface area contributed by atoms with Gasteiger partial charge in [0, 0.05) is 32.1 Å². The predicted octanol–water partition coefficient (Wildman–Crippen LogP) is 1.27. The number of nitrogens with zero attached hydrogens (tertiary/aromatic N) is 1. The fourth-order valence-corrected chi connectivity index (χ4v) is 4.43. The first-order chi connectivity index (χ1) is 13.0. The molecule has 8 heteroatoms. The van der Waals surface area contributed by atoms with Crippen molar-refractivity contribution in [3.8, 4) is 0 Å². The first-order valence-corrected chi connectivity index (χ1v) is 11.1. The first kappa shape index (κ1) is 21.8. The van der Waals surface area contributed by atoms with Crippen molar-refractivity contribution in [2.75, 3.05) is 32.8 Å². The number of carbonyl (C=O) groups is 1. The summed E-state index contributed by atoms with van der Waals surface area (Å²) in [5.41, 5.74) is 6.64. The fraction of sp³-hybridized carbons (Fsp3) is 0.632. The number of morpholine rings is 1. The van der Waals surface area contributed by atoms with Crippen molar-refractivity contribution in [1.82, 2.24) is 9.62 Å². The third-order valence-corrected chi connectivity index (χ3v) is 6.64. The zero-order valence-electron chi connectivity index (χ0n) is 16.0. The minimum atomic E-state index is -3.48. The van der Waals surface area contributed by atoms with Gasteiger partial charge in [0.2, 0.25) is 15.9 Å². The zero-order valence-corrected chi connectivity index (χ0v) is 16.8. The quantitative estimate of drug-likeness (QED) is 0.619. The molecule has 1 fully saturated rings. The maximum absolute atomic E-state index is 12.6. The van der Waals surface area contributed by atoms with Crippen LogP contribution < -0.4 is 11.1 Å². The molecule has 0 spiro atoms. The zero-order chi connectivity index (χ0) is 19.7. The van der Waals surface area contributed by atoms with E-state index in [1.54, 1.807) is 24.3 Å². The molecular weight excluding hydrogens is 366 g/mol. The summed E-state index contributed by atoms with van der Waals surface area (Å²) in [6.07, 6.45) is 3.94. The van der Waals surface area contributed by atoms with E-state index in [0.717, 1.165) is 24.8 Å². The van der Waals surface area contributed by atoms with Crippen LogP contribution in [0.25, 0.3) is 0 Å². The van der Waals surface area contributed by atoms with Crippen molar-refractivity contribution in [2.24, 2.45) is 5.73 Å². The molecule has 1 aliphatic heterocycles. The third kappa shape index (κ3) is 6.57. The molecule has 152 valence electrons. The normalized spacial score (nSPS) is 16.8. The summed E-state index contributed by atoms with van der Waals surface area (Å²) in [7, 11) is -3.48. The SMILES string of the molecule is CCCCC(CN)NC(=O)CCc1ccc(S(=O)(=O)N2CCOCC2)cc1. The van der Waals surface area contributed by atoms with Crippen LogP contribution in [0, 0.1) is 0 Å². The van der Waals surface area contributed by atoms with E-state index in [0.29, 0.717) is 45.7 Å². The van der Waals surface area contributed by atoms with Gasteiger partial charge in [-0.2, -0.15) is 4.31 Å². The molecule has 1 heterocycles. The minimum absolute atomic E-state index is 0.0217. The monoisotopic (exact) mass is 397 g/mol. The van der Waals surface area contributed by atoms with Crippen molar-refractivity contribution in [3.63, 3.8) is 0 Å². The lowest BCUT2D eigenvalue weighted by Crippen LogP contribution is -2.40. The molecule has 0 saturated carbocycles. The maximum atomic E-state index is 12.6. The van der Waals surface area contributed by atoms with E-state index in [2.05, 4.69) is 12.2 Å². The predicted molar refractivity (Wildman–Crippen MR) is 105 cm³/mol. The number of nitrogens with one attached hydrogen (secondary N) is 1. The van der Waals surface area contributed by atoms with Gasteiger partial charge in [-0.1, -0.05) is 31.9 Å². The Hall–Kier alpha value is -1.48. The number of benzene rings is 1. The van der Waals surface area contributed by atoms with Crippen LogP contribution in [0.2, 0.25) is 0 Å². The second kappa shape index (κ2) is 10.8. The number of hydrogen-bond donors (Lipinski definition) is 2. The van der Waals surface area contributed by atoms with Crippen LogP contribution in [0.15, 0.2) is 29.2 Å². The Bertz CT molecular complexity index is 685. The molecule has 1 aromatic rings. The number of carbonyl (C=O) groups excluding carboxylic acids is 1. The first-order valence-electron chi connectivity index (χ1n) is 9.63. The van der Waals surface area contributed by atoms with E-state index >= 15 is 0 Å². The van der Waals surface area contributed by atoms with Crippen molar-refractivity contribution in [1.29, 1.82) is 0 Å². The van der Waals surface area contributed by atoms with E-state index in [1.807, 2.05) is 0 Å². The average molecular weight is 398 g/mol. The molecular formula is C19H31N3O4S. The van der Waals surface area contributed by atoms with Crippen LogP contribution in [-0.4, -0.2) is 57.5 Å². The summed E-state index contributed by atoms with van der Waals surface area (Å²) < 4.78 is 31.9. The number of hydrogen-bond acceptors (Lipinski definition) is 5. The van der Waals surface area contributed by atoms with Crippen LogP contribution in [0.5, 0.6) is 0 Å². The van der Waals surface area contributed by atoms with Gasteiger partial charge in [0.05, 0.1) is 18.1 Å². The molecule has 1 aromatic carbocycles. The van der Waals surface area contributed by atoms with E-state index in [-0.39, 0.29) is 16.8 Å². The minimum Gasteiger partial charge on any atom is -0.379 e. The molecule has 2 rings (SSSR count). The van der Waals surface area contributed by atoms with Crippen LogP contribution in [0.4, 0.5) is 0 Å². The number of aryl methyl sites for hydroxylation is 1. The van der Waals surface area contributed by atoms with Gasteiger partial charge in [0.1, 0.15) is 0 Å². The molecule has 1 amide bonds. The number of unbranched alkanes of at least 4 members (excludes halogenated alkanes) is 1. The van der Waals surface area contributed by atoms with E-state index < -0.39 is 10.0 Å². The Morgan fingerprint density at radius 1 is 1.26 bits per heavy atom. The Morgan fingerprint density at radius 2 is 1.93 bits per heavy atom.